The zero-order chi connectivity index (χ0) is 11.4. The summed E-state index contributed by atoms with van der Waals surface area (Å²) in [5.74, 6) is -1.56. The van der Waals surface area contributed by atoms with E-state index in [9.17, 15) is 13.9 Å². The van der Waals surface area contributed by atoms with Crippen LogP contribution in [0, 0.1) is 11.6 Å². The van der Waals surface area contributed by atoms with Crippen LogP contribution in [0.5, 0.6) is 0 Å². The van der Waals surface area contributed by atoms with Gasteiger partial charge in [0.05, 0.1) is 12.7 Å². The van der Waals surface area contributed by atoms with Crippen LogP contribution in [0.15, 0.2) is 18.2 Å². The monoisotopic (exact) mass is 218 g/mol. The van der Waals surface area contributed by atoms with Crippen molar-refractivity contribution in [2.24, 2.45) is 0 Å². The van der Waals surface area contributed by atoms with Crippen LogP contribution >= 0.6 is 0 Å². The van der Waals surface area contributed by atoms with E-state index in [0.29, 0.717) is 0 Å². The standard InChI is InChI=1S/C10H12F2O3/c11-7-2-1-3-8(12)6(7)4-9(14)10(15)5-13/h1-3,9-10,13-15H,4-5H2. The van der Waals surface area contributed by atoms with Crippen molar-refractivity contribution in [3.05, 3.63) is 35.4 Å². The lowest BCUT2D eigenvalue weighted by Crippen LogP contribution is -2.31. The van der Waals surface area contributed by atoms with E-state index in [1.54, 1.807) is 0 Å². The normalized spacial score (nSPS) is 15.0. The van der Waals surface area contributed by atoms with Crippen LogP contribution in [0.2, 0.25) is 0 Å². The molecule has 1 aromatic carbocycles. The summed E-state index contributed by atoms with van der Waals surface area (Å²) >= 11 is 0. The molecule has 0 aromatic heterocycles. The Morgan fingerprint density at radius 3 is 2.07 bits per heavy atom. The molecule has 2 unspecified atom stereocenters. The molecule has 3 nitrogen and oxygen atoms in total. The number of aliphatic hydroxyl groups is 3. The smallest absolute Gasteiger partial charge is 0.129 e. The average molecular weight is 218 g/mol. The zero-order valence-corrected chi connectivity index (χ0v) is 7.90. The van der Waals surface area contributed by atoms with Crippen LogP contribution < -0.4 is 0 Å². The first-order chi connectivity index (χ1) is 7.06. The van der Waals surface area contributed by atoms with Crippen LogP contribution in [0.4, 0.5) is 8.78 Å². The average Bonchev–Trinajstić information content (AvgIpc) is 2.22. The van der Waals surface area contributed by atoms with Crippen molar-refractivity contribution in [1.82, 2.24) is 0 Å². The fraction of sp³-hybridized carbons (Fsp3) is 0.400. The van der Waals surface area contributed by atoms with Gasteiger partial charge in [-0.3, -0.25) is 0 Å². The van der Waals surface area contributed by atoms with E-state index in [4.69, 9.17) is 10.2 Å². The summed E-state index contributed by atoms with van der Waals surface area (Å²) in [4.78, 5) is 0. The zero-order valence-electron chi connectivity index (χ0n) is 7.90. The highest BCUT2D eigenvalue weighted by Gasteiger charge is 2.19. The molecule has 0 radical (unpaired) electrons. The van der Waals surface area contributed by atoms with Crippen molar-refractivity contribution in [3.8, 4) is 0 Å². The molecule has 5 heteroatoms. The second-order valence-electron chi connectivity index (χ2n) is 3.22. The molecule has 0 bridgehead atoms. The molecule has 0 aliphatic heterocycles. The van der Waals surface area contributed by atoms with E-state index in [1.165, 1.54) is 6.07 Å². The fourth-order valence-electron chi connectivity index (χ4n) is 1.19. The van der Waals surface area contributed by atoms with Crippen molar-refractivity contribution >= 4 is 0 Å². The molecular formula is C10H12F2O3. The maximum atomic E-state index is 13.1. The molecule has 1 rings (SSSR count). The molecule has 0 heterocycles. The third-order valence-electron chi connectivity index (χ3n) is 2.11. The van der Waals surface area contributed by atoms with Gasteiger partial charge in [-0.2, -0.15) is 0 Å². The third kappa shape index (κ3) is 2.95. The van der Waals surface area contributed by atoms with Gasteiger partial charge in [0.15, 0.2) is 0 Å². The second-order valence-corrected chi connectivity index (χ2v) is 3.22. The Labute approximate surface area is 85.6 Å². The lowest BCUT2D eigenvalue weighted by Gasteiger charge is -2.16. The van der Waals surface area contributed by atoms with Gasteiger partial charge >= 0.3 is 0 Å². The molecule has 0 saturated carbocycles. The molecule has 3 N–H and O–H groups in total. The molecule has 0 spiro atoms. The van der Waals surface area contributed by atoms with Gasteiger partial charge in [0.2, 0.25) is 0 Å². The highest BCUT2D eigenvalue weighted by Crippen LogP contribution is 2.15. The number of rotatable bonds is 4. The molecule has 84 valence electrons. The van der Waals surface area contributed by atoms with Gasteiger partial charge in [-0.25, -0.2) is 8.78 Å². The van der Waals surface area contributed by atoms with Gasteiger partial charge < -0.3 is 15.3 Å². The number of aliphatic hydroxyl groups excluding tert-OH is 3. The quantitative estimate of drug-likeness (QED) is 0.677. The van der Waals surface area contributed by atoms with Gasteiger partial charge in [0.25, 0.3) is 0 Å². The van der Waals surface area contributed by atoms with Gasteiger partial charge in [-0.05, 0) is 12.1 Å². The Hall–Kier alpha value is -1.04. The molecule has 0 amide bonds. The Kier molecular flexibility index (Phi) is 4.14. The van der Waals surface area contributed by atoms with Crippen molar-refractivity contribution in [3.63, 3.8) is 0 Å². The van der Waals surface area contributed by atoms with Crippen molar-refractivity contribution < 1.29 is 24.1 Å². The molecule has 1 aromatic rings. The first-order valence-electron chi connectivity index (χ1n) is 4.46. The fourth-order valence-corrected chi connectivity index (χ4v) is 1.19. The molecule has 0 fully saturated rings. The van der Waals surface area contributed by atoms with E-state index in [0.717, 1.165) is 12.1 Å². The molecule has 0 aliphatic rings. The number of hydrogen-bond acceptors (Lipinski definition) is 3. The van der Waals surface area contributed by atoms with Crippen molar-refractivity contribution in [2.75, 3.05) is 6.61 Å². The summed E-state index contributed by atoms with van der Waals surface area (Å²) in [6.07, 6.45) is -3.16. The van der Waals surface area contributed by atoms with E-state index in [2.05, 4.69) is 0 Å². The second kappa shape index (κ2) is 5.16. The largest absolute Gasteiger partial charge is 0.394 e. The highest BCUT2D eigenvalue weighted by molar-refractivity contribution is 5.20. The van der Waals surface area contributed by atoms with Gasteiger partial charge in [0, 0.05) is 12.0 Å². The van der Waals surface area contributed by atoms with Gasteiger partial charge in [-0.15, -0.1) is 0 Å². The minimum absolute atomic E-state index is 0.294. The molecule has 2 atom stereocenters. The van der Waals surface area contributed by atoms with Crippen LogP contribution in [-0.4, -0.2) is 34.1 Å². The summed E-state index contributed by atoms with van der Waals surface area (Å²) in [6.45, 7) is -0.656. The van der Waals surface area contributed by atoms with Gasteiger partial charge in [-0.1, -0.05) is 6.07 Å². The van der Waals surface area contributed by atoms with Crippen molar-refractivity contribution in [2.45, 2.75) is 18.6 Å². The first kappa shape index (κ1) is 12.0. The minimum Gasteiger partial charge on any atom is -0.394 e. The minimum atomic E-state index is -1.40. The van der Waals surface area contributed by atoms with E-state index >= 15 is 0 Å². The molecular weight excluding hydrogens is 206 g/mol. The Balaban J connectivity index is 2.80. The summed E-state index contributed by atoms with van der Waals surface area (Å²) in [6, 6.07) is 3.34. The molecule has 0 saturated heterocycles. The van der Waals surface area contributed by atoms with E-state index in [-0.39, 0.29) is 12.0 Å². The topological polar surface area (TPSA) is 60.7 Å². The number of halogens is 2. The maximum absolute atomic E-state index is 13.1. The van der Waals surface area contributed by atoms with Crippen LogP contribution in [0.25, 0.3) is 0 Å². The summed E-state index contributed by atoms with van der Waals surface area (Å²) in [7, 11) is 0. The van der Waals surface area contributed by atoms with Crippen molar-refractivity contribution in [1.29, 1.82) is 0 Å². The summed E-state index contributed by atoms with van der Waals surface area (Å²) in [5.41, 5.74) is -0.294. The molecule has 0 aliphatic carbocycles. The van der Waals surface area contributed by atoms with Crippen LogP contribution in [0.1, 0.15) is 5.56 Å². The Morgan fingerprint density at radius 1 is 1.07 bits per heavy atom. The third-order valence-corrected chi connectivity index (χ3v) is 2.11. The maximum Gasteiger partial charge on any atom is 0.129 e. The lowest BCUT2D eigenvalue weighted by atomic mass is 10.0. The highest BCUT2D eigenvalue weighted by atomic mass is 19.1. The predicted molar refractivity (Wildman–Crippen MR) is 49.2 cm³/mol. The van der Waals surface area contributed by atoms with E-state index < -0.39 is 30.4 Å². The van der Waals surface area contributed by atoms with E-state index in [1.807, 2.05) is 0 Å². The Morgan fingerprint density at radius 2 is 1.60 bits per heavy atom. The van der Waals surface area contributed by atoms with Gasteiger partial charge in [0.1, 0.15) is 17.7 Å². The summed E-state index contributed by atoms with van der Waals surface area (Å²) < 4.78 is 26.2. The first-order valence-corrected chi connectivity index (χ1v) is 4.46. The van der Waals surface area contributed by atoms with Crippen LogP contribution in [-0.2, 0) is 6.42 Å². The van der Waals surface area contributed by atoms with Crippen LogP contribution in [0.3, 0.4) is 0 Å². The number of benzene rings is 1. The molecule has 15 heavy (non-hydrogen) atoms. The summed E-state index contributed by atoms with van der Waals surface area (Å²) in [5, 5.41) is 26.8. The lowest BCUT2D eigenvalue weighted by molar-refractivity contribution is -0.0139. The number of hydrogen-bond donors (Lipinski definition) is 3. The Bertz CT molecular complexity index is 310. The predicted octanol–water partition coefficient (Wildman–Crippen LogP) is 0.221. The SMILES string of the molecule is OCC(O)C(O)Cc1c(F)cccc1F.